The number of fused-ring (bicyclic) bond motifs is 2. The first kappa shape index (κ1) is 33.6. The minimum absolute atomic E-state index is 0.117. The van der Waals surface area contributed by atoms with Crippen molar-refractivity contribution in [3.8, 4) is 0 Å². The number of hydrogen-bond donors (Lipinski definition) is 3. The zero-order valence-corrected chi connectivity index (χ0v) is 25.7. The Morgan fingerprint density at radius 2 is 1.45 bits per heavy atom. The Balaban J connectivity index is 0.000000235. The molecule has 0 saturated carbocycles. The van der Waals surface area contributed by atoms with E-state index in [0.717, 1.165) is 63.7 Å². The van der Waals surface area contributed by atoms with Gasteiger partial charge in [0.15, 0.2) is 0 Å². The van der Waals surface area contributed by atoms with E-state index in [-0.39, 0.29) is 18.6 Å². The number of carboxylic acid groups (broad SMARTS) is 1. The molecule has 0 saturated heterocycles. The zero-order chi connectivity index (χ0) is 30.2. The number of carbonyl (C=O) groups is 2. The third-order valence-electron chi connectivity index (χ3n) is 8.49. The summed E-state index contributed by atoms with van der Waals surface area (Å²) in [6.45, 7) is 6.02. The number of ether oxygens (including phenoxy) is 2. The summed E-state index contributed by atoms with van der Waals surface area (Å²) in [4.78, 5) is 23.2. The van der Waals surface area contributed by atoms with Crippen molar-refractivity contribution >= 4 is 12.1 Å². The highest BCUT2D eigenvalue weighted by atomic mass is 16.5. The number of amides is 1. The normalized spacial score (nSPS) is 18.3. The summed E-state index contributed by atoms with van der Waals surface area (Å²) in [5.41, 5.74) is 11.0. The van der Waals surface area contributed by atoms with Gasteiger partial charge in [-0.15, -0.1) is 0 Å². The second-order valence-electron chi connectivity index (χ2n) is 11.7. The standard InChI is InChI=1S/C18H25NO4.C17H27NO/c1-2-3-4-8-14(12-19-18(21)22)17(20)23-16-11-10-13-7-5-6-9-15(13)16;1-2-3-4-7-14(12-18)13-19-17-11-10-15-8-5-6-9-16(15)17/h5-7,9,14,16,19H,2-4,8,10-12H2,1H3,(H,21,22);5-6,8-9,14,17H,2-4,7,10-13,18H2,1H3. The van der Waals surface area contributed by atoms with Crippen molar-refractivity contribution in [2.24, 2.45) is 17.6 Å². The molecule has 0 heterocycles. The van der Waals surface area contributed by atoms with Crippen molar-refractivity contribution in [2.75, 3.05) is 19.7 Å². The average molecular weight is 581 g/mol. The SMILES string of the molecule is CCCCCC(CN)COC1CCc2ccccc21.CCCCCC(CNC(=O)O)C(=O)OC1CCc2ccccc21. The molecule has 2 aliphatic carbocycles. The Labute approximate surface area is 252 Å². The minimum Gasteiger partial charge on any atom is -0.465 e. The van der Waals surface area contributed by atoms with Crippen LogP contribution in [0.1, 0.15) is 113 Å². The number of hydrogen-bond acceptors (Lipinski definition) is 5. The van der Waals surface area contributed by atoms with Gasteiger partial charge in [-0.1, -0.05) is 101 Å². The number of rotatable bonds is 16. The largest absolute Gasteiger partial charge is 0.465 e. The quantitative estimate of drug-likeness (QED) is 0.140. The van der Waals surface area contributed by atoms with Crippen LogP contribution in [-0.4, -0.2) is 36.9 Å². The van der Waals surface area contributed by atoms with Crippen molar-refractivity contribution in [1.29, 1.82) is 0 Å². The molecule has 7 nitrogen and oxygen atoms in total. The number of benzene rings is 2. The van der Waals surface area contributed by atoms with Gasteiger partial charge in [0.05, 0.1) is 18.6 Å². The third-order valence-corrected chi connectivity index (χ3v) is 8.49. The molecule has 2 aliphatic rings. The molecule has 0 radical (unpaired) electrons. The van der Waals surface area contributed by atoms with E-state index in [0.29, 0.717) is 18.4 Å². The highest BCUT2D eigenvalue weighted by Crippen LogP contribution is 2.35. The molecule has 4 N–H and O–H groups in total. The number of nitrogens with one attached hydrogen (secondary N) is 1. The summed E-state index contributed by atoms with van der Waals surface area (Å²) >= 11 is 0. The van der Waals surface area contributed by atoms with Gasteiger partial charge in [0, 0.05) is 6.54 Å². The first-order valence-corrected chi connectivity index (χ1v) is 16.1. The van der Waals surface area contributed by atoms with Crippen molar-refractivity contribution < 1.29 is 24.2 Å². The fourth-order valence-electron chi connectivity index (χ4n) is 5.93. The van der Waals surface area contributed by atoms with Gasteiger partial charge in [-0.25, -0.2) is 4.79 Å². The summed E-state index contributed by atoms with van der Waals surface area (Å²) in [5.74, 6) is -0.179. The second-order valence-corrected chi connectivity index (χ2v) is 11.7. The van der Waals surface area contributed by atoms with E-state index in [2.05, 4.69) is 49.5 Å². The molecule has 7 heteroatoms. The first-order valence-electron chi connectivity index (χ1n) is 16.1. The van der Waals surface area contributed by atoms with Crippen LogP contribution in [0.25, 0.3) is 0 Å². The molecule has 0 fully saturated rings. The fourth-order valence-corrected chi connectivity index (χ4v) is 5.93. The van der Waals surface area contributed by atoms with Crippen LogP contribution < -0.4 is 11.1 Å². The van der Waals surface area contributed by atoms with E-state index in [1.165, 1.54) is 42.4 Å². The smallest absolute Gasteiger partial charge is 0.404 e. The number of nitrogens with two attached hydrogens (primary N) is 1. The summed E-state index contributed by atoms with van der Waals surface area (Å²) in [6.07, 6.45) is 11.7. The Kier molecular flexibility index (Phi) is 14.9. The molecule has 0 aromatic heterocycles. The van der Waals surface area contributed by atoms with Crippen molar-refractivity contribution in [2.45, 2.75) is 103 Å². The minimum atomic E-state index is -1.11. The molecule has 2 aromatic rings. The maximum Gasteiger partial charge on any atom is 0.404 e. The van der Waals surface area contributed by atoms with E-state index < -0.39 is 12.0 Å². The molecule has 4 rings (SSSR count). The highest BCUT2D eigenvalue weighted by Gasteiger charge is 2.29. The molecule has 0 spiro atoms. The van der Waals surface area contributed by atoms with Gasteiger partial charge >= 0.3 is 12.1 Å². The Morgan fingerprint density at radius 3 is 2.05 bits per heavy atom. The lowest BCUT2D eigenvalue weighted by atomic mass is 10.0. The lowest BCUT2D eigenvalue weighted by Gasteiger charge is -2.19. The molecule has 0 bridgehead atoms. The number of carbonyl (C=O) groups excluding carboxylic acids is 1. The maximum absolute atomic E-state index is 12.5. The topological polar surface area (TPSA) is 111 Å². The second kappa shape index (κ2) is 18.6. The monoisotopic (exact) mass is 580 g/mol. The molecule has 42 heavy (non-hydrogen) atoms. The summed E-state index contributed by atoms with van der Waals surface area (Å²) in [7, 11) is 0. The van der Waals surface area contributed by atoms with Gasteiger partial charge in [0.1, 0.15) is 6.10 Å². The molecule has 2 aromatic carbocycles. The Morgan fingerprint density at radius 1 is 0.881 bits per heavy atom. The van der Waals surface area contributed by atoms with Crippen LogP contribution in [-0.2, 0) is 27.1 Å². The third kappa shape index (κ3) is 10.7. The number of aryl methyl sites for hydroxylation is 2. The average Bonchev–Trinajstić information content (AvgIpc) is 3.61. The van der Waals surface area contributed by atoms with Gasteiger partial charge in [0.2, 0.25) is 0 Å². The van der Waals surface area contributed by atoms with Crippen LogP contribution in [0.5, 0.6) is 0 Å². The summed E-state index contributed by atoms with van der Waals surface area (Å²) in [5, 5.41) is 11.1. The van der Waals surface area contributed by atoms with Crippen LogP contribution in [0.3, 0.4) is 0 Å². The van der Waals surface area contributed by atoms with Gasteiger partial charge in [-0.2, -0.15) is 0 Å². The molecule has 4 unspecified atom stereocenters. The molecular weight excluding hydrogens is 528 g/mol. The van der Waals surface area contributed by atoms with Crippen LogP contribution in [0.2, 0.25) is 0 Å². The van der Waals surface area contributed by atoms with E-state index in [1.807, 2.05) is 18.2 Å². The predicted octanol–water partition coefficient (Wildman–Crippen LogP) is 7.53. The zero-order valence-electron chi connectivity index (χ0n) is 25.7. The maximum atomic E-state index is 12.5. The van der Waals surface area contributed by atoms with Gasteiger partial charge in [0.25, 0.3) is 0 Å². The lowest BCUT2D eigenvalue weighted by molar-refractivity contribution is -0.154. The van der Waals surface area contributed by atoms with Crippen molar-refractivity contribution in [1.82, 2.24) is 5.32 Å². The van der Waals surface area contributed by atoms with E-state index in [1.54, 1.807) is 0 Å². The van der Waals surface area contributed by atoms with Gasteiger partial charge in [-0.05, 0) is 73.2 Å². The summed E-state index contributed by atoms with van der Waals surface area (Å²) < 4.78 is 11.8. The molecule has 1 amide bonds. The lowest BCUT2D eigenvalue weighted by Crippen LogP contribution is -2.33. The van der Waals surface area contributed by atoms with Crippen molar-refractivity contribution in [3.05, 3.63) is 70.8 Å². The predicted molar refractivity (Wildman–Crippen MR) is 167 cm³/mol. The van der Waals surface area contributed by atoms with Gasteiger partial charge in [-0.3, -0.25) is 4.79 Å². The molecule has 4 atom stereocenters. The van der Waals surface area contributed by atoms with E-state index in [4.69, 9.17) is 20.3 Å². The first-order chi connectivity index (χ1) is 20.5. The van der Waals surface area contributed by atoms with Crippen LogP contribution >= 0.6 is 0 Å². The van der Waals surface area contributed by atoms with Crippen LogP contribution in [0, 0.1) is 11.8 Å². The van der Waals surface area contributed by atoms with Crippen LogP contribution in [0.15, 0.2) is 48.5 Å². The molecular formula is C35H52N2O5. The molecule has 232 valence electrons. The van der Waals surface area contributed by atoms with E-state index >= 15 is 0 Å². The Hall–Kier alpha value is -2.90. The highest BCUT2D eigenvalue weighted by molar-refractivity contribution is 5.74. The number of esters is 1. The van der Waals surface area contributed by atoms with Crippen molar-refractivity contribution in [3.63, 3.8) is 0 Å². The Bertz CT molecular complexity index is 1090. The van der Waals surface area contributed by atoms with E-state index in [9.17, 15) is 9.59 Å². The van der Waals surface area contributed by atoms with Gasteiger partial charge < -0.3 is 25.6 Å². The number of unbranched alkanes of at least 4 members (excludes halogenated alkanes) is 4. The summed E-state index contributed by atoms with van der Waals surface area (Å²) in [6, 6.07) is 16.7. The molecule has 0 aliphatic heterocycles. The van der Waals surface area contributed by atoms with Crippen LogP contribution in [0.4, 0.5) is 4.79 Å². The fraction of sp³-hybridized carbons (Fsp3) is 0.600.